The molecule has 2 aromatic rings. The van der Waals surface area contributed by atoms with Gasteiger partial charge >= 0.3 is 5.97 Å². The lowest BCUT2D eigenvalue weighted by Gasteiger charge is -2.18. The van der Waals surface area contributed by atoms with E-state index in [0.29, 0.717) is 23.4 Å². The van der Waals surface area contributed by atoms with Gasteiger partial charge in [0, 0.05) is 0 Å². The summed E-state index contributed by atoms with van der Waals surface area (Å²) in [5.74, 6) is -1.01. The highest BCUT2D eigenvalue weighted by Crippen LogP contribution is 2.15. The molecular weight excluding hydrogens is 325 g/mol. The molecule has 25 heavy (non-hydrogen) atoms. The SMILES string of the molecule is COC(=O)C(CC(C)C)NC(=O)c1cnn(-c2ccc(F)cc2)c1C. The first-order valence-electron chi connectivity index (χ1n) is 8.02. The van der Waals surface area contributed by atoms with Crippen LogP contribution in [0.2, 0.25) is 0 Å². The van der Waals surface area contributed by atoms with Crippen molar-refractivity contribution in [1.29, 1.82) is 0 Å². The number of ether oxygens (including phenoxy) is 1. The van der Waals surface area contributed by atoms with Gasteiger partial charge in [-0.15, -0.1) is 0 Å². The molecule has 0 aliphatic heterocycles. The maximum atomic E-state index is 13.1. The lowest BCUT2D eigenvalue weighted by molar-refractivity contribution is -0.143. The maximum absolute atomic E-state index is 13.1. The van der Waals surface area contributed by atoms with E-state index in [2.05, 4.69) is 10.4 Å². The van der Waals surface area contributed by atoms with Gasteiger partial charge in [0.2, 0.25) is 0 Å². The van der Waals surface area contributed by atoms with E-state index in [1.54, 1.807) is 23.7 Å². The summed E-state index contributed by atoms with van der Waals surface area (Å²) in [7, 11) is 1.29. The van der Waals surface area contributed by atoms with Gasteiger partial charge in [0.25, 0.3) is 5.91 Å². The van der Waals surface area contributed by atoms with Crippen LogP contribution in [0.3, 0.4) is 0 Å². The Balaban J connectivity index is 2.22. The predicted molar refractivity (Wildman–Crippen MR) is 91.0 cm³/mol. The molecule has 134 valence electrons. The Morgan fingerprint density at radius 2 is 1.92 bits per heavy atom. The Bertz CT molecular complexity index is 753. The number of amides is 1. The van der Waals surface area contributed by atoms with Gasteiger partial charge in [0.05, 0.1) is 30.3 Å². The molecule has 0 radical (unpaired) electrons. The molecule has 0 saturated carbocycles. The molecule has 0 aliphatic carbocycles. The second kappa shape index (κ2) is 7.92. The minimum Gasteiger partial charge on any atom is -0.467 e. The number of rotatable bonds is 6. The number of carbonyl (C=O) groups is 2. The van der Waals surface area contributed by atoms with Crippen LogP contribution in [-0.4, -0.2) is 34.8 Å². The van der Waals surface area contributed by atoms with E-state index >= 15 is 0 Å². The molecule has 6 nitrogen and oxygen atoms in total. The number of methoxy groups -OCH3 is 1. The van der Waals surface area contributed by atoms with Gasteiger partial charge in [-0.25, -0.2) is 13.9 Å². The van der Waals surface area contributed by atoms with E-state index in [0.717, 1.165) is 0 Å². The van der Waals surface area contributed by atoms with Crippen LogP contribution in [-0.2, 0) is 9.53 Å². The highest BCUT2D eigenvalue weighted by Gasteiger charge is 2.25. The summed E-state index contributed by atoms with van der Waals surface area (Å²) in [5.41, 5.74) is 1.59. The van der Waals surface area contributed by atoms with E-state index in [9.17, 15) is 14.0 Å². The van der Waals surface area contributed by atoms with Crippen LogP contribution < -0.4 is 5.32 Å². The number of esters is 1. The number of carbonyl (C=O) groups excluding carboxylic acids is 2. The van der Waals surface area contributed by atoms with E-state index in [1.165, 1.54) is 25.4 Å². The number of nitrogens with zero attached hydrogens (tertiary/aromatic N) is 2. The molecule has 0 fully saturated rings. The molecule has 0 aliphatic rings. The van der Waals surface area contributed by atoms with Crippen molar-refractivity contribution >= 4 is 11.9 Å². The van der Waals surface area contributed by atoms with Crippen LogP contribution in [0, 0.1) is 18.7 Å². The van der Waals surface area contributed by atoms with E-state index < -0.39 is 17.9 Å². The predicted octanol–water partition coefficient (Wildman–Crippen LogP) is 2.64. The standard InChI is InChI=1S/C18H22FN3O3/c1-11(2)9-16(18(24)25-4)21-17(23)15-10-20-22(12(15)3)14-7-5-13(19)6-8-14/h5-8,10-11,16H,9H2,1-4H3,(H,21,23). The van der Waals surface area contributed by atoms with Crippen LogP contribution in [0.1, 0.15) is 36.3 Å². The molecular formula is C18H22FN3O3. The van der Waals surface area contributed by atoms with Crippen LogP contribution in [0.5, 0.6) is 0 Å². The Kier molecular flexibility index (Phi) is 5.90. The van der Waals surface area contributed by atoms with Crippen molar-refractivity contribution in [3.05, 3.63) is 47.5 Å². The number of hydrogen-bond donors (Lipinski definition) is 1. The van der Waals surface area contributed by atoms with Crippen molar-refractivity contribution in [3.63, 3.8) is 0 Å². The van der Waals surface area contributed by atoms with Crippen LogP contribution in [0.4, 0.5) is 4.39 Å². The molecule has 1 heterocycles. The van der Waals surface area contributed by atoms with E-state index in [-0.39, 0.29) is 11.7 Å². The average Bonchev–Trinajstić information content (AvgIpc) is 2.95. The second-order valence-corrected chi connectivity index (χ2v) is 6.21. The summed E-state index contributed by atoms with van der Waals surface area (Å²) in [6.45, 7) is 5.65. The van der Waals surface area contributed by atoms with Crippen molar-refractivity contribution in [3.8, 4) is 5.69 Å². The van der Waals surface area contributed by atoms with Crippen molar-refractivity contribution in [2.24, 2.45) is 5.92 Å². The van der Waals surface area contributed by atoms with Gasteiger partial charge in [-0.1, -0.05) is 13.8 Å². The lowest BCUT2D eigenvalue weighted by atomic mass is 10.0. The lowest BCUT2D eigenvalue weighted by Crippen LogP contribution is -2.42. The summed E-state index contributed by atoms with van der Waals surface area (Å²) < 4.78 is 19.4. The van der Waals surface area contributed by atoms with Crippen molar-refractivity contribution in [2.75, 3.05) is 7.11 Å². The first-order chi connectivity index (χ1) is 11.8. The van der Waals surface area contributed by atoms with Gasteiger partial charge in [0.1, 0.15) is 11.9 Å². The van der Waals surface area contributed by atoms with Crippen LogP contribution >= 0.6 is 0 Å². The fraction of sp³-hybridized carbons (Fsp3) is 0.389. The van der Waals surface area contributed by atoms with Gasteiger partial charge in [-0.3, -0.25) is 4.79 Å². The van der Waals surface area contributed by atoms with Gasteiger partial charge in [0.15, 0.2) is 0 Å². The molecule has 7 heteroatoms. The second-order valence-electron chi connectivity index (χ2n) is 6.21. The maximum Gasteiger partial charge on any atom is 0.328 e. The smallest absolute Gasteiger partial charge is 0.328 e. The Labute approximate surface area is 146 Å². The fourth-order valence-corrected chi connectivity index (χ4v) is 2.54. The quantitative estimate of drug-likeness (QED) is 0.816. The summed E-state index contributed by atoms with van der Waals surface area (Å²) in [4.78, 5) is 24.4. The van der Waals surface area contributed by atoms with E-state index in [4.69, 9.17) is 4.74 Å². The zero-order chi connectivity index (χ0) is 18.6. The third kappa shape index (κ3) is 4.43. The van der Waals surface area contributed by atoms with Crippen molar-refractivity contribution < 1.29 is 18.7 Å². The van der Waals surface area contributed by atoms with Gasteiger partial charge in [-0.05, 0) is 43.5 Å². The van der Waals surface area contributed by atoms with E-state index in [1.807, 2.05) is 13.8 Å². The molecule has 1 aromatic heterocycles. The van der Waals surface area contributed by atoms with Crippen molar-refractivity contribution in [1.82, 2.24) is 15.1 Å². The van der Waals surface area contributed by atoms with Crippen LogP contribution in [0.15, 0.2) is 30.5 Å². The highest BCUT2D eigenvalue weighted by atomic mass is 19.1. The average molecular weight is 347 g/mol. The number of nitrogens with one attached hydrogen (secondary N) is 1. The minimum absolute atomic E-state index is 0.215. The first kappa shape index (κ1) is 18.6. The molecule has 0 bridgehead atoms. The zero-order valence-electron chi connectivity index (χ0n) is 14.7. The zero-order valence-corrected chi connectivity index (χ0v) is 14.7. The van der Waals surface area contributed by atoms with Crippen molar-refractivity contribution in [2.45, 2.75) is 33.2 Å². The summed E-state index contributed by atoms with van der Waals surface area (Å²) in [6.07, 6.45) is 1.90. The molecule has 1 N–H and O–H groups in total. The Morgan fingerprint density at radius 1 is 1.28 bits per heavy atom. The number of halogens is 1. The molecule has 2 rings (SSSR count). The normalized spacial score (nSPS) is 12.1. The Morgan fingerprint density at radius 3 is 2.48 bits per heavy atom. The summed E-state index contributed by atoms with van der Waals surface area (Å²) in [6, 6.07) is 5.09. The summed E-state index contributed by atoms with van der Waals surface area (Å²) >= 11 is 0. The molecule has 1 aromatic carbocycles. The largest absolute Gasteiger partial charge is 0.467 e. The number of aromatic nitrogens is 2. The summed E-state index contributed by atoms with van der Waals surface area (Å²) in [5, 5.41) is 6.89. The molecule has 1 amide bonds. The van der Waals surface area contributed by atoms with Gasteiger partial charge in [-0.2, -0.15) is 5.10 Å². The number of benzene rings is 1. The number of hydrogen-bond acceptors (Lipinski definition) is 4. The van der Waals surface area contributed by atoms with Gasteiger partial charge < -0.3 is 10.1 Å². The Hall–Kier alpha value is -2.70. The highest BCUT2D eigenvalue weighted by molar-refractivity contribution is 5.97. The topological polar surface area (TPSA) is 73.2 Å². The fourth-order valence-electron chi connectivity index (χ4n) is 2.54. The van der Waals surface area contributed by atoms with Crippen LogP contribution in [0.25, 0.3) is 5.69 Å². The molecule has 0 spiro atoms. The molecule has 1 unspecified atom stereocenters. The molecule has 1 atom stereocenters. The minimum atomic E-state index is -0.717. The first-order valence-corrected chi connectivity index (χ1v) is 8.02. The monoisotopic (exact) mass is 347 g/mol. The third-order valence-corrected chi connectivity index (χ3v) is 3.82. The molecule has 0 saturated heterocycles. The third-order valence-electron chi connectivity index (χ3n) is 3.82.